The Labute approximate surface area is 132 Å². The Morgan fingerprint density at radius 2 is 2.00 bits per heavy atom. The molecule has 0 spiro atoms. The van der Waals surface area contributed by atoms with Crippen LogP contribution in [0.4, 0.5) is 5.82 Å². The minimum Gasteiger partial charge on any atom is -0.362 e. The van der Waals surface area contributed by atoms with Gasteiger partial charge in [0.2, 0.25) is 0 Å². The van der Waals surface area contributed by atoms with Crippen LogP contribution in [0.2, 0.25) is 0 Å². The van der Waals surface area contributed by atoms with Gasteiger partial charge in [-0.3, -0.25) is 0 Å². The molecule has 22 heavy (non-hydrogen) atoms. The van der Waals surface area contributed by atoms with Crippen molar-refractivity contribution in [2.75, 3.05) is 5.32 Å². The van der Waals surface area contributed by atoms with Gasteiger partial charge in [0.1, 0.15) is 11.9 Å². The lowest BCUT2D eigenvalue weighted by Crippen LogP contribution is -2.14. The molecule has 3 heteroatoms. The van der Waals surface area contributed by atoms with Crippen molar-refractivity contribution in [3.8, 4) is 6.07 Å². The summed E-state index contributed by atoms with van der Waals surface area (Å²) in [5.74, 6) is 0.721. The van der Waals surface area contributed by atoms with Crippen LogP contribution < -0.4 is 5.32 Å². The topological polar surface area (TPSA) is 48.7 Å². The van der Waals surface area contributed by atoms with E-state index in [0.29, 0.717) is 5.56 Å². The molecule has 1 atom stereocenters. The van der Waals surface area contributed by atoms with Crippen LogP contribution in [-0.2, 0) is 12.8 Å². The first-order valence-corrected chi connectivity index (χ1v) is 7.94. The first-order valence-electron chi connectivity index (χ1n) is 7.94. The van der Waals surface area contributed by atoms with Crippen molar-refractivity contribution >= 4 is 5.82 Å². The van der Waals surface area contributed by atoms with E-state index < -0.39 is 0 Å². The number of pyridine rings is 1. The van der Waals surface area contributed by atoms with Crippen molar-refractivity contribution in [1.82, 2.24) is 4.98 Å². The van der Waals surface area contributed by atoms with E-state index in [4.69, 9.17) is 4.98 Å². The molecule has 0 aliphatic heterocycles. The number of hydrogen-bond acceptors (Lipinski definition) is 3. The lowest BCUT2D eigenvalue weighted by atomic mass is 9.94. The van der Waals surface area contributed by atoms with Crippen LogP contribution in [-0.4, -0.2) is 4.98 Å². The summed E-state index contributed by atoms with van der Waals surface area (Å²) >= 11 is 0. The van der Waals surface area contributed by atoms with Gasteiger partial charge in [-0.25, -0.2) is 4.98 Å². The van der Waals surface area contributed by atoms with Crippen LogP contribution in [0.25, 0.3) is 0 Å². The molecule has 1 aliphatic rings. The highest BCUT2D eigenvalue weighted by atomic mass is 15.0. The minimum absolute atomic E-state index is 0.127. The van der Waals surface area contributed by atoms with E-state index >= 15 is 0 Å². The predicted molar refractivity (Wildman–Crippen MR) is 88.8 cm³/mol. The maximum atomic E-state index is 9.43. The zero-order valence-electron chi connectivity index (χ0n) is 13.2. The number of anilines is 1. The maximum Gasteiger partial charge on any atom is 0.144 e. The van der Waals surface area contributed by atoms with E-state index in [1.54, 1.807) is 0 Å². The SMILES string of the molecule is Cc1ccccc1C(C)Nc1nc2c(cc1C#N)CCCC2. The lowest BCUT2D eigenvalue weighted by molar-refractivity contribution is 0.667. The van der Waals surface area contributed by atoms with Crippen molar-refractivity contribution in [1.29, 1.82) is 5.26 Å². The Balaban J connectivity index is 1.92. The van der Waals surface area contributed by atoms with Crippen molar-refractivity contribution in [2.24, 2.45) is 0 Å². The number of aromatic nitrogens is 1. The molecule has 1 N–H and O–H groups in total. The molecule has 3 rings (SSSR count). The minimum atomic E-state index is 0.127. The van der Waals surface area contributed by atoms with Crippen molar-refractivity contribution in [3.63, 3.8) is 0 Å². The van der Waals surface area contributed by atoms with Gasteiger partial charge >= 0.3 is 0 Å². The molecule has 0 fully saturated rings. The standard InChI is InChI=1S/C19H21N3/c1-13-7-3-5-9-17(13)14(2)21-19-16(12-20)11-15-8-4-6-10-18(15)22-19/h3,5,7,9,11,14H,4,6,8,10H2,1-2H3,(H,21,22). The summed E-state index contributed by atoms with van der Waals surface area (Å²) in [6, 6.07) is 12.8. The normalized spacial score (nSPS) is 14.8. The third-order valence-electron chi connectivity index (χ3n) is 4.43. The first-order chi connectivity index (χ1) is 10.7. The Bertz CT molecular complexity index is 728. The quantitative estimate of drug-likeness (QED) is 0.916. The van der Waals surface area contributed by atoms with E-state index in [1.807, 2.05) is 18.2 Å². The number of fused-ring (bicyclic) bond motifs is 1. The molecule has 1 unspecified atom stereocenters. The molecular formula is C19H21N3. The molecule has 1 aromatic carbocycles. The second kappa shape index (κ2) is 6.19. The smallest absolute Gasteiger partial charge is 0.144 e. The largest absolute Gasteiger partial charge is 0.362 e. The summed E-state index contributed by atoms with van der Waals surface area (Å²) in [7, 11) is 0. The van der Waals surface area contributed by atoms with Crippen molar-refractivity contribution < 1.29 is 0 Å². The molecule has 1 aliphatic carbocycles. The molecule has 2 aromatic rings. The lowest BCUT2D eigenvalue weighted by Gasteiger charge is -2.21. The summed E-state index contributed by atoms with van der Waals surface area (Å²) in [5.41, 5.74) is 5.55. The van der Waals surface area contributed by atoms with Crippen molar-refractivity contribution in [3.05, 3.63) is 58.3 Å². The van der Waals surface area contributed by atoms with Gasteiger partial charge in [-0.2, -0.15) is 5.26 Å². The van der Waals surface area contributed by atoms with Crippen LogP contribution in [0.3, 0.4) is 0 Å². The molecular weight excluding hydrogens is 270 g/mol. The van der Waals surface area contributed by atoms with Gasteiger partial charge in [-0.05, 0) is 62.3 Å². The van der Waals surface area contributed by atoms with Gasteiger partial charge in [-0.1, -0.05) is 24.3 Å². The van der Waals surface area contributed by atoms with Gasteiger partial charge in [0.25, 0.3) is 0 Å². The Morgan fingerprint density at radius 1 is 1.23 bits per heavy atom. The van der Waals surface area contributed by atoms with Gasteiger partial charge in [0.05, 0.1) is 11.6 Å². The predicted octanol–water partition coefficient (Wildman–Crippen LogP) is 4.31. The van der Waals surface area contributed by atoms with E-state index in [1.165, 1.54) is 29.5 Å². The number of aryl methyl sites for hydroxylation is 3. The average molecular weight is 291 g/mol. The Kier molecular flexibility index (Phi) is 4.11. The second-order valence-electron chi connectivity index (χ2n) is 6.03. The maximum absolute atomic E-state index is 9.43. The van der Waals surface area contributed by atoms with Gasteiger partial charge in [0, 0.05) is 5.69 Å². The molecule has 1 heterocycles. The third-order valence-corrected chi connectivity index (χ3v) is 4.43. The highest BCUT2D eigenvalue weighted by Gasteiger charge is 2.17. The Morgan fingerprint density at radius 3 is 2.77 bits per heavy atom. The number of nitrogens with zero attached hydrogens (tertiary/aromatic N) is 2. The zero-order valence-corrected chi connectivity index (χ0v) is 13.2. The summed E-state index contributed by atoms with van der Waals surface area (Å²) in [5, 5.41) is 12.9. The summed E-state index contributed by atoms with van der Waals surface area (Å²) in [6.45, 7) is 4.23. The fourth-order valence-corrected chi connectivity index (χ4v) is 3.18. The van der Waals surface area contributed by atoms with Crippen LogP contribution in [0.5, 0.6) is 0 Å². The number of benzene rings is 1. The average Bonchev–Trinajstić information content (AvgIpc) is 2.54. The van der Waals surface area contributed by atoms with Crippen molar-refractivity contribution in [2.45, 2.75) is 45.6 Å². The summed E-state index contributed by atoms with van der Waals surface area (Å²) in [6.07, 6.45) is 4.46. The summed E-state index contributed by atoms with van der Waals surface area (Å²) < 4.78 is 0. The molecule has 0 bridgehead atoms. The molecule has 1 aromatic heterocycles. The molecule has 0 radical (unpaired) electrons. The Hall–Kier alpha value is -2.34. The highest BCUT2D eigenvalue weighted by molar-refractivity contribution is 5.56. The summed E-state index contributed by atoms with van der Waals surface area (Å²) in [4.78, 5) is 4.75. The van der Waals surface area contributed by atoms with Crippen LogP contribution in [0.15, 0.2) is 30.3 Å². The number of hydrogen-bond donors (Lipinski definition) is 1. The van der Waals surface area contributed by atoms with E-state index in [2.05, 4.69) is 37.4 Å². The third kappa shape index (κ3) is 2.82. The number of rotatable bonds is 3. The van der Waals surface area contributed by atoms with Gasteiger partial charge in [0.15, 0.2) is 0 Å². The van der Waals surface area contributed by atoms with Crippen LogP contribution in [0.1, 0.15) is 53.8 Å². The molecule has 112 valence electrons. The number of nitriles is 1. The van der Waals surface area contributed by atoms with Crippen LogP contribution >= 0.6 is 0 Å². The first kappa shape index (κ1) is 14.6. The van der Waals surface area contributed by atoms with Gasteiger partial charge in [-0.15, -0.1) is 0 Å². The molecule has 0 saturated heterocycles. The molecule has 3 nitrogen and oxygen atoms in total. The highest BCUT2D eigenvalue weighted by Crippen LogP contribution is 2.27. The zero-order chi connectivity index (χ0) is 15.5. The van der Waals surface area contributed by atoms with E-state index in [0.717, 1.165) is 24.4 Å². The van der Waals surface area contributed by atoms with E-state index in [9.17, 15) is 5.26 Å². The second-order valence-corrected chi connectivity index (χ2v) is 6.03. The van der Waals surface area contributed by atoms with Crippen LogP contribution in [0, 0.1) is 18.3 Å². The van der Waals surface area contributed by atoms with Gasteiger partial charge < -0.3 is 5.32 Å². The fourth-order valence-electron chi connectivity index (χ4n) is 3.18. The van der Waals surface area contributed by atoms with E-state index in [-0.39, 0.29) is 6.04 Å². The molecule has 0 saturated carbocycles. The fraction of sp³-hybridized carbons (Fsp3) is 0.368. The monoisotopic (exact) mass is 291 g/mol. The molecule has 0 amide bonds. The number of nitrogens with one attached hydrogen (secondary N) is 1.